The van der Waals surface area contributed by atoms with Crippen molar-refractivity contribution in [3.05, 3.63) is 59.9 Å². The molecule has 0 fully saturated rings. The molecule has 20 heavy (non-hydrogen) atoms. The number of para-hydroxylation sites is 1. The van der Waals surface area contributed by atoms with Crippen molar-refractivity contribution in [2.45, 2.75) is 11.4 Å². The van der Waals surface area contributed by atoms with Gasteiger partial charge >= 0.3 is 0 Å². The van der Waals surface area contributed by atoms with Crippen LogP contribution in [0, 0.1) is 5.82 Å². The highest BCUT2D eigenvalue weighted by Crippen LogP contribution is 2.18. The summed E-state index contributed by atoms with van der Waals surface area (Å²) >= 11 is 0. The van der Waals surface area contributed by atoms with Crippen LogP contribution in [0.2, 0.25) is 0 Å². The van der Waals surface area contributed by atoms with Crippen molar-refractivity contribution in [2.75, 3.05) is 11.8 Å². The lowest BCUT2D eigenvalue weighted by atomic mass is 10.2. The topological polar surface area (TPSA) is 58.2 Å². The van der Waals surface area contributed by atoms with Crippen LogP contribution in [0.5, 0.6) is 0 Å². The quantitative estimate of drug-likeness (QED) is 0.890. The molecule has 0 saturated carbocycles. The highest BCUT2D eigenvalue weighted by atomic mass is 32.2. The van der Waals surface area contributed by atoms with Crippen LogP contribution in [0.15, 0.2) is 53.4 Å². The molecule has 0 atom stereocenters. The summed E-state index contributed by atoms with van der Waals surface area (Å²) in [6, 6.07) is 12.3. The first-order chi connectivity index (χ1) is 9.53. The fourth-order valence-electron chi connectivity index (χ4n) is 1.76. The van der Waals surface area contributed by atoms with Crippen LogP contribution in [0.4, 0.5) is 10.1 Å². The Bertz CT molecular complexity index is 688. The Morgan fingerprint density at radius 1 is 1.10 bits per heavy atom. The minimum Gasteiger partial charge on any atom is -0.316 e. The lowest BCUT2D eigenvalue weighted by Gasteiger charge is -2.10. The number of anilines is 1. The molecule has 0 aliphatic heterocycles. The van der Waals surface area contributed by atoms with Crippen molar-refractivity contribution in [1.29, 1.82) is 0 Å². The maximum Gasteiger partial charge on any atom is 0.261 e. The van der Waals surface area contributed by atoms with Gasteiger partial charge in [-0.3, -0.25) is 4.72 Å². The van der Waals surface area contributed by atoms with Gasteiger partial charge in [-0.15, -0.1) is 0 Å². The van der Waals surface area contributed by atoms with Crippen LogP contribution < -0.4 is 10.0 Å². The van der Waals surface area contributed by atoms with Crippen LogP contribution in [0.1, 0.15) is 5.56 Å². The standard InChI is InChI=1S/C14H15FN2O2S/c1-16-10-11-9-13(7-8-14(11)15)20(18,19)17-12-5-3-2-4-6-12/h2-9,16-17H,10H2,1H3. The molecular formula is C14H15FN2O2S. The van der Waals surface area contributed by atoms with Gasteiger partial charge < -0.3 is 5.32 Å². The molecule has 0 bridgehead atoms. The minimum absolute atomic E-state index is 0.0352. The molecule has 0 aliphatic rings. The molecule has 0 aromatic heterocycles. The SMILES string of the molecule is CNCc1cc(S(=O)(=O)Nc2ccccc2)ccc1F. The summed E-state index contributed by atoms with van der Waals surface area (Å²) in [5.41, 5.74) is 0.774. The molecule has 2 rings (SSSR count). The van der Waals surface area contributed by atoms with E-state index < -0.39 is 15.8 Å². The lowest BCUT2D eigenvalue weighted by Crippen LogP contribution is -2.14. The molecule has 0 spiro atoms. The zero-order chi connectivity index (χ0) is 14.6. The van der Waals surface area contributed by atoms with Gasteiger partial charge in [-0.25, -0.2) is 12.8 Å². The molecule has 0 amide bonds. The summed E-state index contributed by atoms with van der Waals surface area (Å²) in [7, 11) is -2.05. The van der Waals surface area contributed by atoms with Crippen molar-refractivity contribution < 1.29 is 12.8 Å². The van der Waals surface area contributed by atoms with E-state index in [1.54, 1.807) is 37.4 Å². The number of hydrogen-bond donors (Lipinski definition) is 2. The molecule has 2 aromatic rings. The fraction of sp³-hybridized carbons (Fsp3) is 0.143. The Kier molecular flexibility index (Phi) is 4.36. The van der Waals surface area contributed by atoms with E-state index in [1.807, 2.05) is 0 Å². The van der Waals surface area contributed by atoms with E-state index in [1.165, 1.54) is 12.1 Å². The largest absolute Gasteiger partial charge is 0.316 e. The smallest absolute Gasteiger partial charge is 0.261 e. The maximum absolute atomic E-state index is 13.5. The van der Waals surface area contributed by atoms with Crippen molar-refractivity contribution >= 4 is 15.7 Å². The zero-order valence-electron chi connectivity index (χ0n) is 10.9. The lowest BCUT2D eigenvalue weighted by molar-refractivity contribution is 0.592. The summed E-state index contributed by atoms with van der Waals surface area (Å²) in [6.45, 7) is 0.264. The number of sulfonamides is 1. The molecular weight excluding hydrogens is 279 g/mol. The average molecular weight is 294 g/mol. The van der Waals surface area contributed by atoms with Gasteiger partial charge in [-0.1, -0.05) is 18.2 Å². The van der Waals surface area contributed by atoms with Gasteiger partial charge in [0.15, 0.2) is 0 Å². The third-order valence-electron chi connectivity index (χ3n) is 2.72. The van der Waals surface area contributed by atoms with E-state index in [4.69, 9.17) is 0 Å². The second-order valence-corrected chi connectivity index (χ2v) is 5.94. The molecule has 0 heterocycles. The van der Waals surface area contributed by atoms with E-state index in [2.05, 4.69) is 10.0 Å². The zero-order valence-corrected chi connectivity index (χ0v) is 11.7. The summed E-state index contributed by atoms with van der Waals surface area (Å²) in [4.78, 5) is 0.0352. The van der Waals surface area contributed by atoms with Gasteiger partial charge in [0.2, 0.25) is 0 Å². The minimum atomic E-state index is -3.72. The Hall–Kier alpha value is -1.92. The number of benzene rings is 2. The van der Waals surface area contributed by atoms with E-state index in [9.17, 15) is 12.8 Å². The first kappa shape index (κ1) is 14.5. The molecule has 106 valence electrons. The third-order valence-corrected chi connectivity index (χ3v) is 4.10. The van der Waals surface area contributed by atoms with Crippen LogP contribution >= 0.6 is 0 Å². The second-order valence-electron chi connectivity index (χ2n) is 4.26. The molecule has 2 N–H and O–H groups in total. The first-order valence-electron chi connectivity index (χ1n) is 6.04. The van der Waals surface area contributed by atoms with Crippen molar-refractivity contribution in [3.8, 4) is 0 Å². The second kappa shape index (κ2) is 6.02. The van der Waals surface area contributed by atoms with Crippen LogP contribution in [0.25, 0.3) is 0 Å². The number of hydrogen-bond acceptors (Lipinski definition) is 3. The highest BCUT2D eigenvalue weighted by molar-refractivity contribution is 7.92. The fourth-order valence-corrected chi connectivity index (χ4v) is 2.87. The van der Waals surface area contributed by atoms with Crippen LogP contribution in [0.3, 0.4) is 0 Å². The van der Waals surface area contributed by atoms with E-state index in [0.29, 0.717) is 11.3 Å². The number of nitrogens with one attached hydrogen (secondary N) is 2. The summed E-state index contributed by atoms with van der Waals surface area (Å²) < 4.78 is 40.4. The summed E-state index contributed by atoms with van der Waals surface area (Å²) in [5.74, 6) is -0.432. The summed E-state index contributed by atoms with van der Waals surface area (Å²) in [5, 5.41) is 2.80. The molecule has 0 unspecified atom stereocenters. The Balaban J connectivity index is 2.32. The molecule has 4 nitrogen and oxygen atoms in total. The maximum atomic E-state index is 13.5. The molecule has 6 heteroatoms. The van der Waals surface area contributed by atoms with Crippen molar-refractivity contribution in [1.82, 2.24) is 5.32 Å². The van der Waals surface area contributed by atoms with E-state index in [0.717, 1.165) is 6.07 Å². The number of halogens is 1. The third kappa shape index (κ3) is 3.34. The van der Waals surface area contributed by atoms with Crippen molar-refractivity contribution in [3.63, 3.8) is 0 Å². The highest BCUT2D eigenvalue weighted by Gasteiger charge is 2.16. The number of rotatable bonds is 5. The monoisotopic (exact) mass is 294 g/mol. The van der Waals surface area contributed by atoms with Gasteiger partial charge in [0.05, 0.1) is 4.90 Å². The van der Waals surface area contributed by atoms with Gasteiger partial charge in [0, 0.05) is 17.8 Å². The summed E-state index contributed by atoms with van der Waals surface area (Å²) in [6.07, 6.45) is 0. The Labute approximate surface area is 117 Å². The van der Waals surface area contributed by atoms with Gasteiger partial charge in [-0.2, -0.15) is 0 Å². The van der Waals surface area contributed by atoms with Gasteiger partial charge in [0.25, 0.3) is 10.0 Å². The Morgan fingerprint density at radius 2 is 1.80 bits per heavy atom. The average Bonchev–Trinajstić information content (AvgIpc) is 2.42. The van der Waals surface area contributed by atoms with Crippen LogP contribution in [-0.4, -0.2) is 15.5 Å². The van der Waals surface area contributed by atoms with Crippen LogP contribution in [-0.2, 0) is 16.6 Å². The first-order valence-corrected chi connectivity index (χ1v) is 7.52. The molecule has 0 radical (unpaired) electrons. The van der Waals surface area contributed by atoms with Gasteiger partial charge in [0.1, 0.15) is 5.82 Å². The van der Waals surface area contributed by atoms with E-state index in [-0.39, 0.29) is 11.4 Å². The molecule has 2 aromatic carbocycles. The predicted octanol–water partition coefficient (Wildman–Crippen LogP) is 2.35. The normalized spacial score (nSPS) is 11.3. The van der Waals surface area contributed by atoms with E-state index >= 15 is 0 Å². The van der Waals surface area contributed by atoms with Crippen molar-refractivity contribution in [2.24, 2.45) is 0 Å². The Morgan fingerprint density at radius 3 is 2.45 bits per heavy atom. The van der Waals surface area contributed by atoms with Gasteiger partial charge in [-0.05, 0) is 37.4 Å². The predicted molar refractivity (Wildman–Crippen MR) is 76.4 cm³/mol. The molecule has 0 aliphatic carbocycles. The molecule has 0 saturated heterocycles.